The van der Waals surface area contributed by atoms with Gasteiger partial charge in [0.2, 0.25) is 0 Å². The number of hydrogen-bond donors (Lipinski definition) is 0. The first-order chi connectivity index (χ1) is 14.6. The molecule has 0 heterocycles. The summed E-state index contributed by atoms with van der Waals surface area (Å²) in [5, 5.41) is 10.5. The minimum Gasteiger partial charge on any atom is -0.550 e. The minimum absolute atomic E-state index is 0.00273. The monoisotopic (exact) mass is 439 g/mol. The second-order valence-electron chi connectivity index (χ2n) is 10.9. The van der Waals surface area contributed by atoms with Crippen molar-refractivity contribution in [2.24, 2.45) is 23.2 Å². The fraction of sp³-hybridized carbons (Fsp3) is 0.926. The van der Waals surface area contributed by atoms with Crippen LogP contribution in [0.5, 0.6) is 0 Å². The van der Waals surface area contributed by atoms with Gasteiger partial charge in [0, 0.05) is 5.97 Å². The maximum absolute atomic E-state index is 12.9. The molecule has 0 aromatic rings. The van der Waals surface area contributed by atoms with Gasteiger partial charge in [0.1, 0.15) is 0 Å². The van der Waals surface area contributed by atoms with E-state index in [1.807, 2.05) is 0 Å². The molecule has 0 rings (SSSR count). The third-order valence-corrected chi connectivity index (χ3v) is 6.24. The van der Waals surface area contributed by atoms with Gasteiger partial charge >= 0.3 is 5.97 Å². The molecule has 3 atom stereocenters. The van der Waals surface area contributed by atoms with E-state index in [0.717, 1.165) is 57.8 Å². The first-order valence-corrected chi connectivity index (χ1v) is 13.0. The van der Waals surface area contributed by atoms with Crippen LogP contribution >= 0.6 is 0 Å². The number of esters is 1. The lowest BCUT2D eigenvalue weighted by Gasteiger charge is -2.24. The SMILES string of the molecule is CCCCC(CC)CC(CCCCCCCC(=O)[O-])C(=O)OCCC(C)CC(C)(C)C. The lowest BCUT2D eigenvalue weighted by atomic mass is 9.84. The number of carbonyl (C=O) groups excluding carboxylic acids is 2. The Hall–Kier alpha value is -1.06. The lowest BCUT2D eigenvalue weighted by molar-refractivity contribution is -0.305. The van der Waals surface area contributed by atoms with Gasteiger partial charge in [-0.3, -0.25) is 4.79 Å². The first kappa shape index (κ1) is 29.9. The topological polar surface area (TPSA) is 66.4 Å². The van der Waals surface area contributed by atoms with Gasteiger partial charge in [-0.1, -0.05) is 92.9 Å². The smallest absolute Gasteiger partial charge is 0.308 e. The molecule has 0 saturated heterocycles. The normalized spacial score (nSPS) is 14.8. The van der Waals surface area contributed by atoms with Crippen LogP contribution in [0.3, 0.4) is 0 Å². The van der Waals surface area contributed by atoms with E-state index in [0.29, 0.717) is 30.3 Å². The molecule has 0 saturated carbocycles. The van der Waals surface area contributed by atoms with Crippen molar-refractivity contribution < 1.29 is 19.4 Å². The number of carboxylic acids is 1. The van der Waals surface area contributed by atoms with Crippen LogP contribution in [0.1, 0.15) is 131 Å². The maximum Gasteiger partial charge on any atom is 0.308 e. The van der Waals surface area contributed by atoms with Crippen molar-refractivity contribution in [1.82, 2.24) is 0 Å². The van der Waals surface area contributed by atoms with Crippen LogP contribution in [-0.2, 0) is 14.3 Å². The largest absolute Gasteiger partial charge is 0.550 e. The Balaban J connectivity index is 4.52. The van der Waals surface area contributed by atoms with E-state index in [2.05, 4.69) is 41.5 Å². The summed E-state index contributed by atoms with van der Waals surface area (Å²) in [5.41, 5.74) is 0.306. The second-order valence-corrected chi connectivity index (χ2v) is 10.9. The van der Waals surface area contributed by atoms with Crippen LogP contribution in [0.2, 0.25) is 0 Å². The molecule has 3 unspecified atom stereocenters. The average Bonchev–Trinajstić information content (AvgIpc) is 2.67. The molecule has 0 amide bonds. The summed E-state index contributed by atoms with van der Waals surface area (Å²) in [7, 11) is 0. The first-order valence-electron chi connectivity index (χ1n) is 13.0. The Morgan fingerprint density at radius 1 is 0.903 bits per heavy atom. The highest BCUT2D eigenvalue weighted by molar-refractivity contribution is 5.72. The van der Waals surface area contributed by atoms with E-state index < -0.39 is 5.97 Å². The summed E-state index contributed by atoms with van der Waals surface area (Å²) in [5.74, 6) is 0.190. The third kappa shape index (κ3) is 18.2. The maximum atomic E-state index is 12.9. The summed E-state index contributed by atoms with van der Waals surface area (Å²) < 4.78 is 5.75. The van der Waals surface area contributed by atoms with Gasteiger partial charge in [-0.25, -0.2) is 0 Å². The molecule has 0 spiro atoms. The van der Waals surface area contributed by atoms with Gasteiger partial charge in [0.05, 0.1) is 12.5 Å². The molecule has 0 aromatic heterocycles. The minimum atomic E-state index is -0.961. The summed E-state index contributed by atoms with van der Waals surface area (Å²) in [4.78, 5) is 23.4. The zero-order valence-corrected chi connectivity index (χ0v) is 21.5. The van der Waals surface area contributed by atoms with Crippen LogP contribution in [0.25, 0.3) is 0 Å². The molecule has 0 aliphatic rings. The molecule has 31 heavy (non-hydrogen) atoms. The third-order valence-electron chi connectivity index (χ3n) is 6.24. The van der Waals surface area contributed by atoms with Crippen molar-refractivity contribution in [3.05, 3.63) is 0 Å². The molecule has 184 valence electrons. The zero-order chi connectivity index (χ0) is 23.7. The highest BCUT2D eigenvalue weighted by Gasteiger charge is 2.24. The van der Waals surface area contributed by atoms with Gasteiger partial charge in [0.25, 0.3) is 0 Å². The predicted molar refractivity (Wildman–Crippen MR) is 128 cm³/mol. The van der Waals surface area contributed by atoms with E-state index in [1.54, 1.807) is 0 Å². The Morgan fingerprint density at radius 3 is 2.13 bits per heavy atom. The Kier molecular flexibility index (Phi) is 16.9. The molecule has 0 aliphatic carbocycles. The van der Waals surface area contributed by atoms with Crippen molar-refractivity contribution in [2.45, 2.75) is 131 Å². The van der Waals surface area contributed by atoms with Crippen molar-refractivity contribution in [3.8, 4) is 0 Å². The zero-order valence-electron chi connectivity index (χ0n) is 21.5. The molecule has 4 nitrogen and oxygen atoms in total. The van der Waals surface area contributed by atoms with Crippen molar-refractivity contribution in [3.63, 3.8) is 0 Å². The second kappa shape index (κ2) is 17.5. The molecule has 0 aromatic carbocycles. The Labute approximate surface area is 192 Å². The molecular formula is C27H51O4-. The molecule has 0 radical (unpaired) electrons. The summed E-state index contributed by atoms with van der Waals surface area (Å²) in [6.07, 6.45) is 13.5. The fourth-order valence-corrected chi connectivity index (χ4v) is 4.53. The highest BCUT2D eigenvalue weighted by atomic mass is 16.5. The van der Waals surface area contributed by atoms with E-state index in [4.69, 9.17) is 4.74 Å². The van der Waals surface area contributed by atoms with Crippen LogP contribution in [-0.4, -0.2) is 18.5 Å². The quantitative estimate of drug-likeness (QED) is 0.166. The number of carboxylic acid groups (broad SMARTS) is 1. The fourth-order valence-electron chi connectivity index (χ4n) is 4.53. The summed E-state index contributed by atoms with van der Waals surface area (Å²) in [6, 6.07) is 0. The molecule has 0 bridgehead atoms. The molecular weight excluding hydrogens is 388 g/mol. The van der Waals surface area contributed by atoms with Gasteiger partial charge in [-0.15, -0.1) is 0 Å². The van der Waals surface area contributed by atoms with Crippen LogP contribution < -0.4 is 5.11 Å². The highest BCUT2D eigenvalue weighted by Crippen LogP contribution is 2.28. The van der Waals surface area contributed by atoms with Gasteiger partial charge in [-0.05, 0) is 55.8 Å². The Bertz CT molecular complexity index is 466. The number of ether oxygens (including phenoxy) is 1. The predicted octanol–water partition coefficient (Wildman–Crippen LogP) is 6.70. The van der Waals surface area contributed by atoms with Crippen molar-refractivity contribution in [1.29, 1.82) is 0 Å². The lowest BCUT2D eigenvalue weighted by Crippen LogP contribution is -2.22. The van der Waals surface area contributed by atoms with E-state index >= 15 is 0 Å². The van der Waals surface area contributed by atoms with Crippen LogP contribution in [0, 0.1) is 23.2 Å². The molecule has 0 N–H and O–H groups in total. The number of carbonyl (C=O) groups is 2. The van der Waals surface area contributed by atoms with E-state index in [9.17, 15) is 14.7 Å². The van der Waals surface area contributed by atoms with Crippen LogP contribution in [0.15, 0.2) is 0 Å². The van der Waals surface area contributed by atoms with Crippen LogP contribution in [0.4, 0.5) is 0 Å². The summed E-state index contributed by atoms with van der Waals surface area (Å²) >= 11 is 0. The molecule has 0 fully saturated rings. The number of rotatable bonds is 19. The van der Waals surface area contributed by atoms with Gasteiger partial charge < -0.3 is 14.6 Å². The van der Waals surface area contributed by atoms with E-state index in [-0.39, 0.29) is 18.3 Å². The number of aliphatic carboxylic acids is 1. The molecule has 0 aliphatic heterocycles. The summed E-state index contributed by atoms with van der Waals surface area (Å²) in [6.45, 7) is 14.0. The van der Waals surface area contributed by atoms with Gasteiger partial charge in [0.15, 0.2) is 0 Å². The Morgan fingerprint density at radius 2 is 1.55 bits per heavy atom. The number of hydrogen-bond acceptors (Lipinski definition) is 4. The number of unbranched alkanes of at least 4 members (excludes halogenated alkanes) is 5. The van der Waals surface area contributed by atoms with Crippen molar-refractivity contribution >= 4 is 11.9 Å². The standard InChI is InChI=1S/C27H52O4/c1-7-9-15-23(8-2)20-24(16-13-11-10-12-14-17-25(28)29)26(30)31-19-18-22(3)21-27(4,5)6/h22-24H,7-21H2,1-6H3,(H,28,29)/p-1. The van der Waals surface area contributed by atoms with E-state index in [1.165, 1.54) is 19.3 Å². The van der Waals surface area contributed by atoms with Crippen molar-refractivity contribution in [2.75, 3.05) is 6.61 Å². The van der Waals surface area contributed by atoms with Gasteiger partial charge in [-0.2, -0.15) is 0 Å². The average molecular weight is 440 g/mol. The molecule has 4 heteroatoms.